The Labute approximate surface area is 218 Å². The molecule has 0 saturated heterocycles. The van der Waals surface area contributed by atoms with E-state index in [1.807, 2.05) is 0 Å². The molecular formula is C27H53O5PSi2. The summed E-state index contributed by atoms with van der Waals surface area (Å²) < 4.78 is 37.4. The van der Waals surface area contributed by atoms with Gasteiger partial charge in [-0.3, -0.25) is 4.57 Å². The van der Waals surface area contributed by atoms with E-state index in [0.717, 1.165) is 28.9 Å². The van der Waals surface area contributed by atoms with Crippen molar-refractivity contribution in [2.75, 3.05) is 20.8 Å². The van der Waals surface area contributed by atoms with E-state index in [1.165, 1.54) is 14.2 Å². The minimum absolute atomic E-state index is 0.0537. The van der Waals surface area contributed by atoms with Crippen LogP contribution in [-0.2, 0) is 29.6 Å². The molecule has 0 spiro atoms. The molecule has 1 aromatic rings. The van der Waals surface area contributed by atoms with Gasteiger partial charge in [-0.2, -0.15) is 0 Å². The van der Waals surface area contributed by atoms with E-state index >= 15 is 0 Å². The van der Waals surface area contributed by atoms with Crippen molar-refractivity contribution in [1.82, 2.24) is 0 Å². The van der Waals surface area contributed by atoms with Gasteiger partial charge in [-0.15, -0.1) is 0 Å². The Balaban J connectivity index is 3.60. The maximum Gasteiger partial charge on any atom is 0.334 e. The zero-order chi connectivity index (χ0) is 27.7. The molecule has 0 aromatic heterocycles. The number of benzene rings is 1. The Hall–Kier alpha value is -0.436. The van der Waals surface area contributed by atoms with E-state index in [4.69, 9.17) is 17.9 Å². The normalized spacial score (nSPS) is 14.4. The highest BCUT2D eigenvalue weighted by atomic mass is 31.2. The summed E-state index contributed by atoms with van der Waals surface area (Å²) in [7, 11) is -4.35. The van der Waals surface area contributed by atoms with Crippen LogP contribution in [0.4, 0.5) is 0 Å². The molecule has 5 nitrogen and oxygen atoms in total. The number of rotatable bonds is 11. The first-order valence-corrected chi connectivity index (χ1v) is 20.2. The third-order valence-corrected chi connectivity index (χ3v) is 18.8. The molecule has 0 N–H and O–H groups in total. The Morgan fingerprint density at radius 1 is 0.829 bits per heavy atom. The first kappa shape index (κ1) is 32.6. The van der Waals surface area contributed by atoms with Crippen molar-refractivity contribution in [2.24, 2.45) is 0 Å². The second-order valence-corrected chi connectivity index (χ2v) is 25.3. The lowest BCUT2D eigenvalue weighted by Crippen LogP contribution is -2.44. The van der Waals surface area contributed by atoms with Crippen LogP contribution in [0.1, 0.15) is 78.5 Å². The lowest BCUT2D eigenvalue weighted by atomic mass is 9.78. The zero-order valence-corrected chi connectivity index (χ0v) is 28.2. The van der Waals surface area contributed by atoms with Crippen molar-refractivity contribution >= 4 is 24.2 Å². The molecule has 0 aliphatic rings. The van der Waals surface area contributed by atoms with Crippen molar-refractivity contribution in [3.8, 4) is 5.75 Å². The summed E-state index contributed by atoms with van der Waals surface area (Å²) in [5.74, 6) is 0.891. The van der Waals surface area contributed by atoms with Crippen molar-refractivity contribution in [1.29, 1.82) is 0 Å². The molecule has 0 heterocycles. The SMILES string of the molecule is COP(=O)(Cc1cc(C)cc(O[Si](C)(C)C(C)(C)C)c1C(C)(C)CCO[Si](C)(C)C(C)(C)C)OC. The fraction of sp³-hybridized carbons (Fsp3) is 0.778. The molecule has 204 valence electrons. The first-order chi connectivity index (χ1) is 15.5. The van der Waals surface area contributed by atoms with Crippen molar-refractivity contribution < 1.29 is 22.5 Å². The van der Waals surface area contributed by atoms with Crippen LogP contribution in [0.2, 0.25) is 36.3 Å². The minimum Gasteiger partial charge on any atom is -0.543 e. The Morgan fingerprint density at radius 3 is 1.74 bits per heavy atom. The summed E-state index contributed by atoms with van der Waals surface area (Å²) in [5.41, 5.74) is 2.85. The molecule has 0 atom stereocenters. The van der Waals surface area contributed by atoms with Crippen molar-refractivity contribution in [2.45, 2.75) is 117 Å². The highest BCUT2D eigenvalue weighted by Crippen LogP contribution is 2.53. The van der Waals surface area contributed by atoms with Gasteiger partial charge in [0.15, 0.2) is 8.32 Å². The Kier molecular flexibility index (Phi) is 10.4. The first-order valence-electron chi connectivity index (χ1n) is 12.7. The van der Waals surface area contributed by atoms with E-state index in [2.05, 4.69) is 101 Å². The van der Waals surface area contributed by atoms with E-state index in [1.54, 1.807) is 0 Å². The molecule has 1 aromatic carbocycles. The summed E-state index contributed by atoms with van der Waals surface area (Å²) in [5, 5.41) is 0.213. The van der Waals surface area contributed by atoms with E-state index in [-0.39, 0.29) is 21.7 Å². The molecular weight excluding hydrogens is 491 g/mol. The Bertz CT molecular complexity index is 903. The van der Waals surface area contributed by atoms with Gasteiger partial charge in [0.05, 0.1) is 6.16 Å². The second kappa shape index (κ2) is 11.1. The predicted octanol–water partition coefficient (Wildman–Crippen LogP) is 9.05. The maximum absolute atomic E-state index is 13.2. The van der Waals surface area contributed by atoms with Crippen LogP contribution in [0.15, 0.2) is 12.1 Å². The van der Waals surface area contributed by atoms with Gasteiger partial charge in [0.25, 0.3) is 0 Å². The number of aryl methyl sites for hydroxylation is 1. The average molecular weight is 545 g/mol. The Morgan fingerprint density at radius 2 is 1.31 bits per heavy atom. The summed E-state index contributed by atoms with van der Waals surface area (Å²) in [6.45, 7) is 29.8. The molecule has 1 rings (SSSR count). The molecule has 0 fully saturated rings. The summed E-state index contributed by atoms with van der Waals surface area (Å²) in [6.07, 6.45) is 1.03. The lowest BCUT2D eigenvalue weighted by molar-refractivity contribution is 0.249. The molecule has 0 aliphatic heterocycles. The van der Waals surface area contributed by atoms with Crippen LogP contribution in [0.5, 0.6) is 5.75 Å². The molecule has 0 aliphatic carbocycles. The van der Waals surface area contributed by atoms with Crippen LogP contribution < -0.4 is 4.43 Å². The molecule has 0 amide bonds. The van der Waals surface area contributed by atoms with Gasteiger partial charge in [0, 0.05) is 26.4 Å². The smallest absolute Gasteiger partial charge is 0.334 e. The van der Waals surface area contributed by atoms with E-state index < -0.39 is 24.2 Å². The summed E-state index contributed by atoms with van der Waals surface area (Å²) in [4.78, 5) is 0. The quantitative estimate of drug-likeness (QED) is 0.205. The van der Waals surface area contributed by atoms with E-state index in [9.17, 15) is 4.57 Å². The van der Waals surface area contributed by atoms with E-state index in [0.29, 0.717) is 6.61 Å². The van der Waals surface area contributed by atoms with Crippen LogP contribution in [0.3, 0.4) is 0 Å². The fourth-order valence-corrected chi connectivity index (χ4v) is 6.68. The van der Waals surface area contributed by atoms with Gasteiger partial charge >= 0.3 is 7.60 Å². The molecule has 0 bridgehead atoms. The number of hydrogen-bond donors (Lipinski definition) is 0. The van der Waals surface area contributed by atoms with Gasteiger partial charge in [-0.1, -0.05) is 61.5 Å². The average Bonchev–Trinajstić information content (AvgIpc) is 2.64. The van der Waals surface area contributed by atoms with Gasteiger partial charge in [0.1, 0.15) is 5.75 Å². The van der Waals surface area contributed by atoms with Crippen LogP contribution in [0.25, 0.3) is 0 Å². The zero-order valence-electron chi connectivity index (χ0n) is 25.3. The fourth-order valence-electron chi connectivity index (χ4n) is 3.54. The second-order valence-electron chi connectivity index (χ2n) is 13.5. The van der Waals surface area contributed by atoms with Crippen LogP contribution in [0, 0.1) is 6.92 Å². The molecule has 0 unspecified atom stereocenters. The molecule has 0 radical (unpaired) electrons. The summed E-state index contributed by atoms with van der Waals surface area (Å²) >= 11 is 0. The predicted molar refractivity (Wildman–Crippen MR) is 155 cm³/mol. The number of hydrogen-bond acceptors (Lipinski definition) is 5. The largest absolute Gasteiger partial charge is 0.543 e. The molecule has 0 saturated carbocycles. The third-order valence-electron chi connectivity index (χ3n) is 8.09. The standard InChI is InChI=1S/C27H53O5PSi2/c1-21-18-22(20-33(28,29-10)30-11)24(23(19-21)32-35(14,15)26(5,6)7)27(8,9)16-17-31-34(12,13)25(2,3)4/h18-19H,16-17,20H2,1-15H3. The maximum atomic E-state index is 13.2. The summed E-state index contributed by atoms with van der Waals surface area (Å²) in [6, 6.07) is 4.25. The van der Waals surface area contributed by atoms with Gasteiger partial charge < -0.3 is 17.9 Å². The van der Waals surface area contributed by atoms with Gasteiger partial charge in [0.2, 0.25) is 8.32 Å². The van der Waals surface area contributed by atoms with Crippen LogP contribution in [-0.4, -0.2) is 37.5 Å². The monoisotopic (exact) mass is 544 g/mol. The molecule has 35 heavy (non-hydrogen) atoms. The minimum atomic E-state index is -3.27. The van der Waals surface area contributed by atoms with Crippen LogP contribution >= 0.6 is 7.60 Å². The van der Waals surface area contributed by atoms with Gasteiger partial charge in [-0.25, -0.2) is 0 Å². The van der Waals surface area contributed by atoms with Gasteiger partial charge in [-0.05, 0) is 72.2 Å². The lowest BCUT2D eigenvalue weighted by Gasteiger charge is -2.40. The highest BCUT2D eigenvalue weighted by Gasteiger charge is 2.42. The third kappa shape index (κ3) is 8.28. The molecule has 8 heteroatoms. The highest BCUT2D eigenvalue weighted by molar-refractivity contribution is 7.52. The van der Waals surface area contributed by atoms with Crippen molar-refractivity contribution in [3.05, 3.63) is 28.8 Å². The topological polar surface area (TPSA) is 54.0 Å². The van der Waals surface area contributed by atoms with Crippen molar-refractivity contribution in [3.63, 3.8) is 0 Å².